The van der Waals surface area contributed by atoms with Crippen molar-refractivity contribution >= 4 is 11.7 Å². The molecule has 0 aromatic rings. The molecular weight excluding hydrogens is 125 g/mol. The number of hydrogen-bond acceptors (Lipinski definition) is 2. The maximum absolute atomic E-state index is 12.4. The van der Waals surface area contributed by atoms with E-state index in [1.807, 2.05) is 0 Å². The Morgan fingerprint density at radius 3 is 2.00 bits per heavy atom. The second-order valence-electron chi connectivity index (χ2n) is 2.15. The maximum Gasteiger partial charge on any atom is 0.352 e. The van der Waals surface area contributed by atoms with Crippen LogP contribution in [0.3, 0.4) is 0 Å². The number of nitrogens with one attached hydrogen (secondary N) is 1. The molecule has 52 valence electrons. The molecule has 0 saturated carbocycles. The number of carbonyl (C=O) groups is 1. The van der Waals surface area contributed by atoms with Crippen LogP contribution in [0.25, 0.3) is 0 Å². The first-order chi connectivity index (χ1) is 3.85. The highest BCUT2D eigenvalue weighted by molar-refractivity contribution is 6.37. The van der Waals surface area contributed by atoms with E-state index in [4.69, 9.17) is 10.5 Å². The Labute approximate surface area is 52.0 Å². The van der Waals surface area contributed by atoms with E-state index in [1.165, 1.54) is 0 Å². The van der Waals surface area contributed by atoms with Gasteiger partial charge < -0.3 is 5.11 Å². The van der Waals surface area contributed by atoms with E-state index < -0.39 is 17.3 Å². The third kappa shape index (κ3) is 2.21. The molecule has 0 aliphatic rings. The predicted molar refractivity (Wildman–Crippen MR) is 30.5 cm³/mol. The minimum Gasteiger partial charge on any atom is -0.477 e. The molecule has 0 aromatic carbocycles. The lowest BCUT2D eigenvalue weighted by Gasteiger charge is -2.10. The van der Waals surface area contributed by atoms with Crippen LogP contribution in [0.4, 0.5) is 4.39 Å². The van der Waals surface area contributed by atoms with Crippen molar-refractivity contribution in [3.63, 3.8) is 0 Å². The summed E-state index contributed by atoms with van der Waals surface area (Å²) in [6.07, 6.45) is 0. The van der Waals surface area contributed by atoms with Crippen LogP contribution in [0.15, 0.2) is 0 Å². The molecule has 0 atom stereocenters. The van der Waals surface area contributed by atoms with Crippen molar-refractivity contribution in [2.24, 2.45) is 0 Å². The largest absolute Gasteiger partial charge is 0.477 e. The Bertz CT molecular complexity index is 148. The number of aliphatic carboxylic acids is 1. The quantitative estimate of drug-likeness (QED) is 0.548. The number of carboxylic acids is 1. The monoisotopic (exact) mass is 133 g/mol. The molecule has 0 aliphatic heterocycles. The third-order valence-electron chi connectivity index (χ3n) is 0.808. The lowest BCUT2D eigenvalue weighted by molar-refractivity contribution is -0.130. The van der Waals surface area contributed by atoms with Crippen LogP contribution in [0.2, 0.25) is 0 Å². The smallest absolute Gasteiger partial charge is 0.352 e. The number of carboxylic acid groups (broad SMARTS) is 1. The summed E-state index contributed by atoms with van der Waals surface area (Å²) >= 11 is 0. The van der Waals surface area contributed by atoms with Gasteiger partial charge in [-0.25, -0.2) is 9.18 Å². The summed E-state index contributed by atoms with van der Waals surface area (Å²) in [6.45, 7) is 2.06. The SMILES string of the molecule is CC(C)(F)C(=N)C(=O)O. The van der Waals surface area contributed by atoms with Gasteiger partial charge in [0.2, 0.25) is 0 Å². The summed E-state index contributed by atoms with van der Waals surface area (Å²) in [5, 5.41) is 14.7. The molecule has 0 saturated heterocycles. The first-order valence-electron chi connectivity index (χ1n) is 2.37. The Morgan fingerprint density at radius 1 is 1.67 bits per heavy atom. The molecule has 0 amide bonds. The topological polar surface area (TPSA) is 61.2 Å². The van der Waals surface area contributed by atoms with Gasteiger partial charge in [0.25, 0.3) is 0 Å². The van der Waals surface area contributed by atoms with Crippen LogP contribution in [0, 0.1) is 5.41 Å². The second-order valence-corrected chi connectivity index (χ2v) is 2.15. The summed E-state index contributed by atoms with van der Waals surface area (Å²) < 4.78 is 12.4. The third-order valence-corrected chi connectivity index (χ3v) is 0.808. The van der Waals surface area contributed by atoms with Gasteiger partial charge in [0.1, 0.15) is 0 Å². The summed E-state index contributed by atoms with van der Waals surface area (Å²) in [4.78, 5) is 9.88. The minimum atomic E-state index is -2.04. The molecule has 0 unspecified atom stereocenters. The number of alkyl halides is 1. The summed E-state index contributed by atoms with van der Waals surface area (Å²) in [7, 11) is 0. The molecule has 0 bridgehead atoms. The number of rotatable bonds is 2. The van der Waals surface area contributed by atoms with E-state index in [2.05, 4.69) is 0 Å². The normalized spacial score (nSPS) is 11.0. The van der Waals surface area contributed by atoms with E-state index in [9.17, 15) is 9.18 Å². The summed E-state index contributed by atoms with van der Waals surface area (Å²) in [5.74, 6) is -1.51. The van der Waals surface area contributed by atoms with Gasteiger partial charge in [0.05, 0.1) is 0 Å². The van der Waals surface area contributed by atoms with Gasteiger partial charge in [-0.2, -0.15) is 0 Å². The van der Waals surface area contributed by atoms with Crippen molar-refractivity contribution in [1.82, 2.24) is 0 Å². The lowest BCUT2D eigenvalue weighted by Crippen LogP contribution is -2.32. The molecule has 0 heterocycles. The fourth-order valence-corrected chi connectivity index (χ4v) is 0.254. The van der Waals surface area contributed by atoms with Crippen molar-refractivity contribution < 1.29 is 14.3 Å². The van der Waals surface area contributed by atoms with Crippen LogP contribution in [-0.4, -0.2) is 22.5 Å². The van der Waals surface area contributed by atoms with Crippen molar-refractivity contribution in [3.8, 4) is 0 Å². The van der Waals surface area contributed by atoms with Crippen LogP contribution in [-0.2, 0) is 4.79 Å². The Balaban J connectivity index is 4.23. The fourth-order valence-electron chi connectivity index (χ4n) is 0.254. The molecule has 4 heteroatoms. The highest BCUT2D eigenvalue weighted by Crippen LogP contribution is 2.09. The van der Waals surface area contributed by atoms with Crippen molar-refractivity contribution in [2.75, 3.05) is 0 Å². The minimum absolute atomic E-state index is 0.914. The standard InChI is InChI=1S/C5H8FNO2/c1-5(2,6)3(7)4(8)9/h7H,1-2H3,(H,8,9). The lowest BCUT2D eigenvalue weighted by atomic mass is 10.1. The molecule has 9 heavy (non-hydrogen) atoms. The highest BCUT2D eigenvalue weighted by Gasteiger charge is 2.27. The molecule has 0 radical (unpaired) electrons. The van der Waals surface area contributed by atoms with Gasteiger partial charge in [0, 0.05) is 0 Å². The van der Waals surface area contributed by atoms with Crippen molar-refractivity contribution in [1.29, 1.82) is 5.41 Å². The Kier molecular flexibility index (Phi) is 1.91. The van der Waals surface area contributed by atoms with E-state index in [-0.39, 0.29) is 0 Å². The van der Waals surface area contributed by atoms with Gasteiger partial charge in [-0.3, -0.25) is 5.41 Å². The van der Waals surface area contributed by atoms with Crippen LogP contribution in [0.1, 0.15) is 13.8 Å². The number of halogens is 1. The fraction of sp³-hybridized carbons (Fsp3) is 0.600. The van der Waals surface area contributed by atoms with Crippen molar-refractivity contribution in [3.05, 3.63) is 0 Å². The van der Waals surface area contributed by atoms with Gasteiger partial charge in [-0.1, -0.05) is 0 Å². The maximum atomic E-state index is 12.4. The first kappa shape index (κ1) is 8.07. The first-order valence-corrected chi connectivity index (χ1v) is 2.37. The molecule has 3 nitrogen and oxygen atoms in total. The van der Waals surface area contributed by atoms with Gasteiger partial charge in [-0.05, 0) is 13.8 Å². The van der Waals surface area contributed by atoms with Crippen LogP contribution >= 0.6 is 0 Å². The Hall–Kier alpha value is -0.930. The van der Waals surface area contributed by atoms with Gasteiger partial charge in [0.15, 0.2) is 11.4 Å². The van der Waals surface area contributed by atoms with E-state index in [0.717, 1.165) is 13.8 Å². The van der Waals surface area contributed by atoms with Gasteiger partial charge in [-0.15, -0.1) is 0 Å². The van der Waals surface area contributed by atoms with E-state index in [0.29, 0.717) is 0 Å². The zero-order valence-corrected chi connectivity index (χ0v) is 5.23. The molecule has 0 fully saturated rings. The second kappa shape index (κ2) is 2.13. The zero-order valence-electron chi connectivity index (χ0n) is 5.23. The van der Waals surface area contributed by atoms with Gasteiger partial charge >= 0.3 is 5.97 Å². The zero-order chi connectivity index (χ0) is 7.65. The molecule has 0 spiro atoms. The summed E-state index contributed by atoms with van der Waals surface area (Å²) in [6, 6.07) is 0. The van der Waals surface area contributed by atoms with Crippen LogP contribution in [0.5, 0.6) is 0 Å². The molecule has 2 N–H and O–H groups in total. The molecule has 0 aromatic heterocycles. The molecular formula is C5H8FNO2. The highest BCUT2D eigenvalue weighted by atomic mass is 19.1. The Morgan fingerprint density at radius 2 is 2.00 bits per heavy atom. The van der Waals surface area contributed by atoms with E-state index >= 15 is 0 Å². The van der Waals surface area contributed by atoms with E-state index in [1.54, 1.807) is 0 Å². The predicted octanol–water partition coefficient (Wildman–Crippen LogP) is 0.839. The molecule has 0 aliphatic carbocycles. The number of hydrogen-bond donors (Lipinski definition) is 2. The molecule has 0 rings (SSSR count). The van der Waals surface area contributed by atoms with Crippen LogP contribution < -0.4 is 0 Å². The average molecular weight is 133 g/mol. The average Bonchev–Trinajstić information content (AvgIpc) is 1.62. The summed E-state index contributed by atoms with van der Waals surface area (Å²) in [5.41, 5.74) is -2.95. The van der Waals surface area contributed by atoms with Crippen molar-refractivity contribution in [2.45, 2.75) is 19.5 Å².